The first-order chi connectivity index (χ1) is 9.15. The number of hydrogen-bond donors (Lipinski definition) is 4. The molecule has 7 heteroatoms. The van der Waals surface area contributed by atoms with Gasteiger partial charge in [-0.25, -0.2) is 0 Å². The molecule has 0 unspecified atom stereocenters. The summed E-state index contributed by atoms with van der Waals surface area (Å²) in [5.74, 6) is 0. The Hall–Kier alpha value is -0.760. The zero-order chi connectivity index (χ0) is 14.0. The van der Waals surface area contributed by atoms with Crippen molar-refractivity contribution in [1.29, 1.82) is 0 Å². The van der Waals surface area contributed by atoms with Gasteiger partial charge in [-0.05, 0) is 39.0 Å². The van der Waals surface area contributed by atoms with Crippen molar-refractivity contribution in [2.75, 3.05) is 52.4 Å². The van der Waals surface area contributed by atoms with Gasteiger partial charge in [-0.1, -0.05) is 0 Å². The van der Waals surface area contributed by atoms with E-state index in [9.17, 15) is 10.1 Å². The Morgan fingerprint density at radius 1 is 0.842 bits per heavy atom. The number of rotatable bonds is 1. The van der Waals surface area contributed by atoms with Gasteiger partial charge in [0, 0.05) is 24.9 Å². The average Bonchev–Trinajstić information content (AvgIpc) is 2.39. The van der Waals surface area contributed by atoms with Gasteiger partial charge in [0.05, 0.1) is 13.1 Å². The molecule has 112 valence electrons. The van der Waals surface area contributed by atoms with E-state index in [1.54, 1.807) is 6.92 Å². The molecule has 19 heavy (non-hydrogen) atoms. The van der Waals surface area contributed by atoms with E-state index in [1.165, 1.54) is 0 Å². The maximum atomic E-state index is 11.2. The molecule has 0 aromatic rings. The van der Waals surface area contributed by atoms with Crippen molar-refractivity contribution in [2.45, 2.75) is 25.3 Å². The van der Waals surface area contributed by atoms with Crippen molar-refractivity contribution < 1.29 is 4.92 Å². The number of nitrogens with zero attached hydrogens (tertiary/aromatic N) is 1. The topological polar surface area (TPSA) is 91.3 Å². The van der Waals surface area contributed by atoms with Gasteiger partial charge >= 0.3 is 0 Å². The van der Waals surface area contributed by atoms with Crippen molar-refractivity contribution in [2.24, 2.45) is 0 Å². The van der Waals surface area contributed by atoms with E-state index < -0.39 is 5.54 Å². The lowest BCUT2D eigenvalue weighted by atomic mass is 10.0. The van der Waals surface area contributed by atoms with Gasteiger partial charge in [0.1, 0.15) is 0 Å². The van der Waals surface area contributed by atoms with E-state index >= 15 is 0 Å². The fourth-order valence-electron chi connectivity index (χ4n) is 2.01. The zero-order valence-electron chi connectivity index (χ0n) is 11.8. The van der Waals surface area contributed by atoms with Crippen LogP contribution in [0.4, 0.5) is 0 Å². The lowest BCUT2D eigenvalue weighted by Gasteiger charge is -2.22. The van der Waals surface area contributed by atoms with Crippen molar-refractivity contribution >= 4 is 0 Å². The summed E-state index contributed by atoms with van der Waals surface area (Å²) in [5, 5.41) is 24.2. The molecule has 1 aliphatic heterocycles. The molecule has 0 spiro atoms. The maximum absolute atomic E-state index is 11.2. The fraction of sp³-hybridized carbons (Fsp3) is 1.00. The molecule has 4 N–H and O–H groups in total. The van der Waals surface area contributed by atoms with Gasteiger partial charge < -0.3 is 21.3 Å². The Morgan fingerprint density at radius 2 is 1.26 bits per heavy atom. The predicted octanol–water partition coefficient (Wildman–Crippen LogP) is -0.826. The highest BCUT2D eigenvalue weighted by atomic mass is 16.6. The lowest BCUT2D eigenvalue weighted by molar-refractivity contribution is -0.560. The van der Waals surface area contributed by atoms with Gasteiger partial charge in [-0.15, -0.1) is 0 Å². The fourth-order valence-corrected chi connectivity index (χ4v) is 2.01. The second-order valence-corrected chi connectivity index (χ2v) is 5.31. The summed E-state index contributed by atoms with van der Waals surface area (Å²) >= 11 is 0. The molecule has 1 fully saturated rings. The highest BCUT2D eigenvalue weighted by molar-refractivity contribution is 4.79. The molecule has 1 heterocycles. The van der Waals surface area contributed by atoms with Crippen LogP contribution in [-0.4, -0.2) is 62.8 Å². The Labute approximate surface area is 115 Å². The van der Waals surface area contributed by atoms with E-state index in [4.69, 9.17) is 0 Å². The Bertz CT molecular complexity index is 247. The molecule has 7 nitrogen and oxygen atoms in total. The van der Waals surface area contributed by atoms with Crippen LogP contribution in [0.3, 0.4) is 0 Å². The van der Waals surface area contributed by atoms with Gasteiger partial charge in [-0.2, -0.15) is 0 Å². The lowest BCUT2D eigenvalue weighted by Crippen LogP contribution is -2.52. The minimum atomic E-state index is -0.930. The Balaban J connectivity index is 2.40. The number of nitrogens with one attached hydrogen (secondary N) is 4. The molecule has 0 aromatic heterocycles. The summed E-state index contributed by atoms with van der Waals surface area (Å²) < 4.78 is 0. The molecule has 0 radical (unpaired) electrons. The second-order valence-electron chi connectivity index (χ2n) is 5.31. The van der Waals surface area contributed by atoms with E-state index in [2.05, 4.69) is 21.3 Å². The summed E-state index contributed by atoms with van der Waals surface area (Å²) in [6.45, 7) is 7.97. The average molecular weight is 273 g/mol. The van der Waals surface area contributed by atoms with Gasteiger partial charge in [0.2, 0.25) is 5.54 Å². The third kappa shape index (κ3) is 6.81. The van der Waals surface area contributed by atoms with E-state index in [0.29, 0.717) is 13.1 Å². The van der Waals surface area contributed by atoms with Crippen LogP contribution >= 0.6 is 0 Å². The second kappa shape index (κ2) is 9.19. The van der Waals surface area contributed by atoms with Crippen molar-refractivity contribution in [3.63, 3.8) is 0 Å². The summed E-state index contributed by atoms with van der Waals surface area (Å²) in [7, 11) is 0. The quantitative estimate of drug-likeness (QED) is 0.368. The van der Waals surface area contributed by atoms with Gasteiger partial charge in [0.25, 0.3) is 0 Å². The first kappa shape index (κ1) is 16.3. The van der Waals surface area contributed by atoms with Crippen LogP contribution in [0.1, 0.15) is 19.8 Å². The normalized spacial score (nSPS) is 24.1. The molecular weight excluding hydrogens is 246 g/mol. The molecule has 1 aliphatic rings. The SMILES string of the molecule is CC1([N+](=O)[O-])CNCCCNCCNCCCNC1. The minimum absolute atomic E-state index is 0.179. The summed E-state index contributed by atoms with van der Waals surface area (Å²) in [5.41, 5.74) is -0.930. The smallest absolute Gasteiger partial charge is 0.243 e. The van der Waals surface area contributed by atoms with Crippen molar-refractivity contribution in [3.05, 3.63) is 10.1 Å². The molecule has 1 rings (SSSR count). The first-order valence-electron chi connectivity index (χ1n) is 7.12. The molecule has 0 atom stereocenters. The Kier molecular flexibility index (Phi) is 7.88. The highest BCUT2D eigenvalue weighted by Gasteiger charge is 2.36. The highest BCUT2D eigenvalue weighted by Crippen LogP contribution is 2.06. The zero-order valence-corrected chi connectivity index (χ0v) is 11.8. The predicted molar refractivity (Wildman–Crippen MR) is 76.1 cm³/mol. The first-order valence-corrected chi connectivity index (χ1v) is 7.12. The largest absolute Gasteiger partial charge is 0.315 e. The molecule has 0 saturated carbocycles. The van der Waals surface area contributed by atoms with Crippen LogP contribution in [0.2, 0.25) is 0 Å². The summed E-state index contributed by atoms with van der Waals surface area (Å²) in [6, 6.07) is 0. The van der Waals surface area contributed by atoms with Gasteiger partial charge in [0.15, 0.2) is 0 Å². The van der Waals surface area contributed by atoms with Crippen molar-refractivity contribution in [3.8, 4) is 0 Å². The molecule has 0 bridgehead atoms. The third-order valence-electron chi connectivity index (χ3n) is 3.35. The maximum Gasteiger partial charge on any atom is 0.243 e. The Morgan fingerprint density at radius 3 is 1.68 bits per heavy atom. The van der Waals surface area contributed by atoms with E-state index in [-0.39, 0.29) is 4.92 Å². The summed E-state index contributed by atoms with van der Waals surface area (Å²) in [6.07, 6.45) is 1.97. The number of nitro groups is 1. The number of hydrogen-bond acceptors (Lipinski definition) is 6. The van der Waals surface area contributed by atoms with Crippen LogP contribution in [0.5, 0.6) is 0 Å². The summed E-state index contributed by atoms with van der Waals surface area (Å²) in [4.78, 5) is 11.0. The van der Waals surface area contributed by atoms with Crippen LogP contribution < -0.4 is 21.3 Å². The van der Waals surface area contributed by atoms with Crippen LogP contribution in [0.25, 0.3) is 0 Å². The van der Waals surface area contributed by atoms with E-state index in [0.717, 1.165) is 52.1 Å². The van der Waals surface area contributed by atoms with Crippen LogP contribution in [-0.2, 0) is 0 Å². The van der Waals surface area contributed by atoms with E-state index in [1.807, 2.05) is 0 Å². The molecular formula is C12H27N5O2. The van der Waals surface area contributed by atoms with Crippen molar-refractivity contribution in [1.82, 2.24) is 21.3 Å². The van der Waals surface area contributed by atoms with Crippen LogP contribution in [0.15, 0.2) is 0 Å². The molecule has 0 aromatic carbocycles. The standard InChI is InChI=1S/C12H27N5O2/c1-12(17(18)19)10-15-6-2-4-13-8-9-14-5-3-7-16-11-12/h13-16H,2-11H2,1H3. The molecule has 1 saturated heterocycles. The molecule has 0 amide bonds. The van der Waals surface area contributed by atoms with Crippen LogP contribution in [0, 0.1) is 10.1 Å². The van der Waals surface area contributed by atoms with Gasteiger partial charge in [-0.3, -0.25) is 10.1 Å². The molecule has 0 aliphatic carbocycles. The minimum Gasteiger partial charge on any atom is -0.315 e. The third-order valence-corrected chi connectivity index (χ3v) is 3.35. The monoisotopic (exact) mass is 273 g/mol.